The number of carbonyl (C=O) groups is 3. The largest absolute Gasteiger partial charge is 0.481 e. The zero-order chi connectivity index (χ0) is 20.4. The molecule has 1 saturated heterocycles. The normalized spacial score (nSPS) is 18.6. The minimum absolute atomic E-state index is 0.0600. The van der Waals surface area contributed by atoms with E-state index in [2.05, 4.69) is 17.4 Å². The van der Waals surface area contributed by atoms with Crippen LogP contribution in [0.4, 0.5) is 0 Å². The Morgan fingerprint density at radius 1 is 1.07 bits per heavy atom. The van der Waals surface area contributed by atoms with Crippen LogP contribution < -0.4 is 5.32 Å². The van der Waals surface area contributed by atoms with Crippen molar-refractivity contribution >= 4 is 17.8 Å². The van der Waals surface area contributed by atoms with Crippen molar-refractivity contribution in [2.45, 2.75) is 25.2 Å². The van der Waals surface area contributed by atoms with Gasteiger partial charge < -0.3 is 15.2 Å². The Morgan fingerprint density at radius 3 is 2.24 bits per heavy atom. The van der Waals surface area contributed by atoms with Crippen LogP contribution in [0.3, 0.4) is 0 Å². The molecule has 29 heavy (non-hydrogen) atoms. The van der Waals surface area contributed by atoms with Crippen LogP contribution in [0.5, 0.6) is 0 Å². The number of carboxylic acids is 1. The van der Waals surface area contributed by atoms with Crippen molar-refractivity contribution < 1.29 is 24.2 Å². The summed E-state index contributed by atoms with van der Waals surface area (Å²) in [5.41, 5.74) is 4.50. The fourth-order valence-electron chi connectivity index (χ4n) is 4.36. The second-order valence-corrected chi connectivity index (χ2v) is 7.66. The van der Waals surface area contributed by atoms with Gasteiger partial charge >= 0.3 is 11.9 Å². The van der Waals surface area contributed by atoms with Crippen LogP contribution >= 0.6 is 0 Å². The van der Waals surface area contributed by atoms with Crippen molar-refractivity contribution in [3.8, 4) is 11.1 Å². The molecule has 6 nitrogen and oxygen atoms in total. The van der Waals surface area contributed by atoms with E-state index in [-0.39, 0.29) is 37.2 Å². The number of amides is 1. The fourth-order valence-corrected chi connectivity index (χ4v) is 4.36. The van der Waals surface area contributed by atoms with E-state index in [1.807, 2.05) is 36.4 Å². The lowest BCUT2D eigenvalue weighted by Crippen LogP contribution is -2.26. The molecule has 2 aromatic carbocycles. The summed E-state index contributed by atoms with van der Waals surface area (Å²) in [5, 5.41) is 12.2. The van der Waals surface area contributed by atoms with E-state index < -0.39 is 17.9 Å². The fraction of sp³-hybridized carbons (Fsp3) is 0.348. The van der Waals surface area contributed by atoms with E-state index in [0.29, 0.717) is 13.0 Å². The molecule has 2 atom stereocenters. The highest BCUT2D eigenvalue weighted by Gasteiger charge is 2.33. The van der Waals surface area contributed by atoms with Gasteiger partial charge in [-0.2, -0.15) is 0 Å². The third-order valence-electron chi connectivity index (χ3n) is 5.87. The first-order chi connectivity index (χ1) is 14.0. The molecule has 1 heterocycles. The van der Waals surface area contributed by atoms with E-state index in [9.17, 15) is 19.5 Å². The van der Waals surface area contributed by atoms with Crippen LogP contribution in [0.25, 0.3) is 11.1 Å². The van der Waals surface area contributed by atoms with Crippen LogP contribution in [0.1, 0.15) is 36.3 Å². The molecule has 4 rings (SSSR count). The predicted octanol–water partition coefficient (Wildman–Crippen LogP) is 2.96. The Morgan fingerprint density at radius 2 is 1.69 bits per heavy atom. The van der Waals surface area contributed by atoms with Gasteiger partial charge in [-0.05, 0) is 35.1 Å². The average molecular weight is 393 g/mol. The molecular formula is C23H23NO5. The number of nitrogens with one attached hydrogen (secondary N) is 1. The molecule has 0 aromatic heterocycles. The van der Waals surface area contributed by atoms with Gasteiger partial charge in [0.1, 0.15) is 6.61 Å². The minimum Gasteiger partial charge on any atom is -0.481 e. The van der Waals surface area contributed by atoms with Gasteiger partial charge in [-0.25, -0.2) is 0 Å². The maximum absolute atomic E-state index is 12.4. The highest BCUT2D eigenvalue weighted by molar-refractivity contribution is 5.83. The summed E-state index contributed by atoms with van der Waals surface area (Å²) >= 11 is 0. The molecule has 0 spiro atoms. The van der Waals surface area contributed by atoms with Gasteiger partial charge in [0, 0.05) is 18.4 Å². The van der Waals surface area contributed by atoms with Crippen molar-refractivity contribution in [1.29, 1.82) is 0 Å². The maximum Gasteiger partial charge on any atom is 0.307 e. The van der Waals surface area contributed by atoms with Crippen molar-refractivity contribution in [3.05, 3.63) is 59.7 Å². The number of carboxylic acid groups (broad SMARTS) is 1. The summed E-state index contributed by atoms with van der Waals surface area (Å²) in [6.07, 6.45) is 0.536. The smallest absolute Gasteiger partial charge is 0.307 e. The van der Waals surface area contributed by atoms with E-state index in [4.69, 9.17) is 4.74 Å². The third kappa shape index (κ3) is 3.88. The molecule has 2 aliphatic rings. The Hall–Kier alpha value is -3.15. The van der Waals surface area contributed by atoms with Gasteiger partial charge in [0.25, 0.3) is 0 Å². The molecule has 150 valence electrons. The standard InChI is InChI=1S/C23H23NO5/c25-21(12-15(23(27)28)11-14-9-10-24-22(14)26)29-13-20-18-7-3-1-5-16(18)17-6-2-4-8-19(17)20/h1-8,14-15,20H,9-13H2,(H,24,26)(H,27,28)/t14?,15-/m0/s1. The van der Waals surface area contributed by atoms with Crippen LogP contribution in [-0.4, -0.2) is 36.1 Å². The third-order valence-corrected chi connectivity index (χ3v) is 5.87. The summed E-state index contributed by atoms with van der Waals surface area (Å²) < 4.78 is 5.51. The predicted molar refractivity (Wildman–Crippen MR) is 106 cm³/mol. The number of aliphatic carboxylic acids is 1. The second-order valence-electron chi connectivity index (χ2n) is 7.66. The lowest BCUT2D eigenvalue weighted by molar-refractivity contribution is -0.152. The lowest BCUT2D eigenvalue weighted by atomic mass is 9.91. The number of esters is 1. The number of benzene rings is 2. The van der Waals surface area contributed by atoms with Crippen molar-refractivity contribution in [2.24, 2.45) is 11.8 Å². The first kappa shape index (κ1) is 19.2. The SMILES string of the molecule is O=C(C[C@H](CC1CCNC1=O)C(=O)O)OCC1c2ccccc2-c2ccccc21. The van der Waals surface area contributed by atoms with Crippen LogP contribution in [0.2, 0.25) is 0 Å². The topological polar surface area (TPSA) is 92.7 Å². The molecule has 1 aliphatic carbocycles. The molecule has 1 amide bonds. The van der Waals surface area contributed by atoms with Crippen LogP contribution in [0.15, 0.2) is 48.5 Å². The molecule has 6 heteroatoms. The molecule has 1 fully saturated rings. The molecule has 0 saturated carbocycles. The summed E-state index contributed by atoms with van der Waals surface area (Å²) in [6.45, 7) is 0.726. The summed E-state index contributed by atoms with van der Waals surface area (Å²) in [4.78, 5) is 35.7. The molecule has 2 N–H and O–H groups in total. The number of fused-ring (bicyclic) bond motifs is 3. The average Bonchev–Trinajstić information content (AvgIpc) is 3.27. The number of rotatable bonds is 7. The second kappa shape index (κ2) is 8.07. The molecule has 1 aliphatic heterocycles. The van der Waals surface area contributed by atoms with Gasteiger partial charge in [0.15, 0.2) is 0 Å². The van der Waals surface area contributed by atoms with E-state index in [0.717, 1.165) is 22.3 Å². The highest BCUT2D eigenvalue weighted by Crippen LogP contribution is 2.44. The number of carbonyl (C=O) groups excluding carboxylic acids is 2. The quantitative estimate of drug-likeness (QED) is 0.706. The summed E-state index contributed by atoms with van der Waals surface area (Å²) in [5.74, 6) is -3.08. The van der Waals surface area contributed by atoms with E-state index >= 15 is 0 Å². The van der Waals surface area contributed by atoms with Gasteiger partial charge in [-0.3, -0.25) is 14.4 Å². The Balaban J connectivity index is 1.41. The summed E-state index contributed by atoms with van der Waals surface area (Å²) in [7, 11) is 0. The molecule has 0 bridgehead atoms. The van der Waals surface area contributed by atoms with Gasteiger partial charge in [-0.1, -0.05) is 48.5 Å². The van der Waals surface area contributed by atoms with Gasteiger partial charge in [0.05, 0.1) is 12.3 Å². The van der Waals surface area contributed by atoms with Gasteiger partial charge in [0.2, 0.25) is 5.91 Å². The molecular weight excluding hydrogens is 370 g/mol. The first-order valence-electron chi connectivity index (χ1n) is 9.89. The number of hydrogen-bond donors (Lipinski definition) is 2. The zero-order valence-corrected chi connectivity index (χ0v) is 16.0. The first-order valence-corrected chi connectivity index (χ1v) is 9.89. The zero-order valence-electron chi connectivity index (χ0n) is 16.0. The van der Waals surface area contributed by atoms with Crippen LogP contribution in [-0.2, 0) is 19.1 Å². The van der Waals surface area contributed by atoms with E-state index in [1.54, 1.807) is 0 Å². The molecule has 0 radical (unpaired) electrons. The van der Waals surface area contributed by atoms with Gasteiger partial charge in [-0.15, -0.1) is 0 Å². The lowest BCUT2D eigenvalue weighted by Gasteiger charge is -2.17. The highest BCUT2D eigenvalue weighted by atomic mass is 16.5. The summed E-state index contributed by atoms with van der Waals surface area (Å²) in [6, 6.07) is 16.1. The monoisotopic (exact) mass is 393 g/mol. The van der Waals surface area contributed by atoms with Crippen molar-refractivity contribution in [3.63, 3.8) is 0 Å². The number of hydrogen-bond acceptors (Lipinski definition) is 4. The Labute approximate surface area is 168 Å². The van der Waals surface area contributed by atoms with E-state index in [1.165, 1.54) is 0 Å². The van der Waals surface area contributed by atoms with Crippen LogP contribution in [0, 0.1) is 11.8 Å². The minimum atomic E-state index is -1.07. The van der Waals surface area contributed by atoms with Crippen molar-refractivity contribution in [2.75, 3.05) is 13.2 Å². The molecule has 2 aromatic rings. The Bertz CT molecular complexity index is 908. The molecule has 1 unspecified atom stereocenters. The van der Waals surface area contributed by atoms with Crippen molar-refractivity contribution in [1.82, 2.24) is 5.32 Å². The number of ether oxygens (including phenoxy) is 1. The Kier molecular flexibility index (Phi) is 5.34. The maximum atomic E-state index is 12.4.